The zero-order valence-corrected chi connectivity index (χ0v) is 11.0. The molecule has 6 atom stereocenters. The lowest BCUT2D eigenvalue weighted by molar-refractivity contribution is -0.148. The Balaban J connectivity index is 1.66. The maximum absolute atomic E-state index is 12.0. The van der Waals surface area contributed by atoms with Crippen LogP contribution in [0.1, 0.15) is 6.92 Å². The number of alkyl halides is 3. The average molecular weight is 309 g/mol. The monoisotopic (exact) mass is 309 g/mol. The lowest BCUT2D eigenvalue weighted by atomic mass is 9.61. The van der Waals surface area contributed by atoms with Gasteiger partial charge in [-0.3, -0.25) is 9.59 Å². The minimum absolute atomic E-state index is 0.00568. The smallest absolute Gasteiger partial charge is 0.299 e. The van der Waals surface area contributed by atoms with Crippen LogP contribution in [0.25, 0.3) is 0 Å². The van der Waals surface area contributed by atoms with Gasteiger partial charge >= 0.3 is 5.51 Å². The highest BCUT2D eigenvalue weighted by Crippen LogP contribution is 2.82. The Labute approximate surface area is 114 Å². The molecule has 5 nitrogen and oxygen atoms in total. The van der Waals surface area contributed by atoms with Crippen LogP contribution in [-0.4, -0.2) is 21.4 Å². The predicted octanol–water partition coefficient (Wildman–Crippen LogP) is 0.855. The van der Waals surface area contributed by atoms with Crippen molar-refractivity contribution in [3.05, 3.63) is 12.2 Å². The lowest BCUT2D eigenvalue weighted by Gasteiger charge is -2.40. The highest BCUT2D eigenvalue weighted by Gasteiger charge is 2.85. The van der Waals surface area contributed by atoms with E-state index in [2.05, 4.69) is 4.28 Å². The molecule has 9 heteroatoms. The molecule has 0 aromatic rings. The third-order valence-electron chi connectivity index (χ3n) is 4.53. The number of nitrogens with one attached hydrogen (secondary N) is 1. The summed E-state index contributed by atoms with van der Waals surface area (Å²) in [5.74, 6) is -1.77. The fourth-order valence-corrected chi connectivity index (χ4v) is 4.12. The number of fused-ring (bicyclic) bond motifs is 1. The van der Waals surface area contributed by atoms with Crippen LogP contribution in [0.2, 0.25) is 0 Å². The molecular weight excluding hydrogens is 299 g/mol. The van der Waals surface area contributed by atoms with Gasteiger partial charge in [0.15, 0.2) is 0 Å². The number of amides is 1. The molecule has 2 fully saturated rings. The molecule has 3 rings (SSSR count). The molecule has 0 spiro atoms. The Morgan fingerprint density at radius 1 is 1.35 bits per heavy atom. The number of rotatable bonds is 4. The van der Waals surface area contributed by atoms with Crippen molar-refractivity contribution in [1.82, 2.24) is 5.48 Å². The zero-order valence-electron chi connectivity index (χ0n) is 10.1. The maximum atomic E-state index is 12.0. The van der Waals surface area contributed by atoms with Crippen LogP contribution < -0.4 is 5.48 Å². The Morgan fingerprint density at radius 3 is 2.50 bits per heavy atom. The summed E-state index contributed by atoms with van der Waals surface area (Å²) in [4.78, 5) is 23.6. The van der Waals surface area contributed by atoms with Gasteiger partial charge in [-0.15, -0.1) is 0 Å². The SMILES string of the molecule is CC(=O)C12C3C=CC(C1C(=O)NOS(=O)C(F)(F)F)C32. The highest BCUT2D eigenvalue weighted by atomic mass is 32.2. The number of Topliss-reactive ketones (excluding diaryl/α,β-unsaturated/α-hetero) is 1. The van der Waals surface area contributed by atoms with Crippen molar-refractivity contribution in [2.45, 2.75) is 12.4 Å². The van der Waals surface area contributed by atoms with E-state index >= 15 is 0 Å². The number of halogens is 3. The number of carbonyl (C=O) groups excluding carboxylic acids is 2. The van der Waals surface area contributed by atoms with Gasteiger partial charge in [0.1, 0.15) is 5.78 Å². The zero-order chi connectivity index (χ0) is 14.9. The Morgan fingerprint density at radius 2 is 2.00 bits per heavy atom. The first-order valence-electron chi connectivity index (χ1n) is 5.87. The molecule has 110 valence electrons. The maximum Gasteiger partial charge on any atom is 0.499 e. The van der Waals surface area contributed by atoms with E-state index in [0.29, 0.717) is 0 Å². The van der Waals surface area contributed by atoms with Crippen molar-refractivity contribution in [3.63, 3.8) is 0 Å². The van der Waals surface area contributed by atoms with Gasteiger partial charge in [-0.1, -0.05) is 12.2 Å². The summed E-state index contributed by atoms with van der Waals surface area (Å²) in [6, 6.07) is 0. The van der Waals surface area contributed by atoms with Gasteiger partial charge in [-0.2, -0.15) is 17.5 Å². The lowest BCUT2D eigenvalue weighted by Crippen LogP contribution is -2.52. The van der Waals surface area contributed by atoms with Gasteiger partial charge in [-0.25, -0.2) is 9.69 Å². The van der Waals surface area contributed by atoms with Crippen LogP contribution in [0.15, 0.2) is 12.2 Å². The topological polar surface area (TPSA) is 72.5 Å². The van der Waals surface area contributed by atoms with E-state index in [4.69, 9.17) is 0 Å². The molecule has 6 unspecified atom stereocenters. The number of hydrogen-bond donors (Lipinski definition) is 1. The van der Waals surface area contributed by atoms with Gasteiger partial charge in [0.25, 0.3) is 11.1 Å². The van der Waals surface area contributed by atoms with E-state index in [-0.39, 0.29) is 23.5 Å². The molecule has 1 amide bonds. The van der Waals surface area contributed by atoms with Crippen LogP contribution in [0.3, 0.4) is 0 Å². The molecule has 0 saturated heterocycles. The minimum Gasteiger partial charge on any atom is -0.299 e. The van der Waals surface area contributed by atoms with Crippen molar-refractivity contribution < 1.29 is 31.3 Å². The first kappa shape index (κ1) is 13.7. The van der Waals surface area contributed by atoms with Gasteiger partial charge in [-0.05, 0) is 24.7 Å². The predicted molar refractivity (Wildman–Crippen MR) is 59.6 cm³/mol. The van der Waals surface area contributed by atoms with E-state index in [0.717, 1.165) is 0 Å². The van der Waals surface area contributed by atoms with Crippen LogP contribution in [0.4, 0.5) is 13.2 Å². The number of hydrogen-bond acceptors (Lipinski definition) is 4. The van der Waals surface area contributed by atoms with Gasteiger partial charge in [0.2, 0.25) is 5.91 Å². The van der Waals surface area contributed by atoms with Gasteiger partial charge in [0, 0.05) is 0 Å². The summed E-state index contributed by atoms with van der Waals surface area (Å²) >= 11 is -3.61. The van der Waals surface area contributed by atoms with E-state index in [1.165, 1.54) is 6.92 Å². The molecule has 0 aromatic carbocycles. The fourth-order valence-electron chi connectivity index (χ4n) is 3.87. The quantitative estimate of drug-likeness (QED) is 0.617. The first-order chi connectivity index (χ1) is 9.22. The van der Waals surface area contributed by atoms with Gasteiger partial charge in [0.05, 0.1) is 11.3 Å². The van der Waals surface area contributed by atoms with Crippen LogP contribution in [0, 0.1) is 29.1 Å². The largest absolute Gasteiger partial charge is 0.499 e. The van der Waals surface area contributed by atoms with Crippen molar-refractivity contribution in [2.24, 2.45) is 29.1 Å². The third-order valence-corrected chi connectivity index (χ3v) is 5.15. The standard InChI is InChI=1S/C11H10F3NO4S/c1-4(16)10-6-3-2-5(7(6)10)8(10)9(17)15-19-20(18)11(12,13)14/h2-3,5-8H,1H3,(H,15,17). The first-order valence-corrected chi connectivity index (χ1v) is 6.95. The molecule has 2 saturated carbocycles. The Bertz CT molecular complexity index is 560. The Hall–Kier alpha value is -1.22. The summed E-state index contributed by atoms with van der Waals surface area (Å²) in [6.07, 6.45) is 3.67. The van der Waals surface area contributed by atoms with Crippen LogP contribution in [-0.2, 0) is 25.0 Å². The third kappa shape index (κ3) is 1.50. The van der Waals surface area contributed by atoms with Crippen molar-refractivity contribution in [1.29, 1.82) is 0 Å². The number of carbonyl (C=O) groups is 2. The second-order valence-electron chi connectivity index (χ2n) is 5.21. The molecule has 0 aliphatic heterocycles. The van der Waals surface area contributed by atoms with Crippen LogP contribution in [0.5, 0.6) is 0 Å². The molecular formula is C11H10F3NO4S. The second-order valence-corrected chi connectivity index (χ2v) is 6.31. The summed E-state index contributed by atoms with van der Waals surface area (Å²) in [5, 5.41) is 0. The number of allylic oxidation sites excluding steroid dienone is 2. The number of hydroxylamine groups is 1. The summed E-state index contributed by atoms with van der Waals surface area (Å²) in [6.45, 7) is 1.37. The van der Waals surface area contributed by atoms with E-state index < -0.39 is 33.8 Å². The van der Waals surface area contributed by atoms with Crippen molar-refractivity contribution >= 4 is 22.8 Å². The highest BCUT2D eigenvalue weighted by molar-refractivity contribution is 7.81. The summed E-state index contributed by atoms with van der Waals surface area (Å²) in [5.41, 5.74) is -4.28. The van der Waals surface area contributed by atoms with E-state index in [9.17, 15) is 27.0 Å². The normalized spacial score (nSPS) is 41.6. The molecule has 20 heavy (non-hydrogen) atoms. The molecule has 0 heterocycles. The minimum atomic E-state index is -5.06. The van der Waals surface area contributed by atoms with Gasteiger partial charge < -0.3 is 0 Å². The average Bonchev–Trinajstić information content (AvgIpc) is 2.70. The van der Waals surface area contributed by atoms with Crippen LogP contribution >= 0.6 is 0 Å². The number of ketones is 1. The molecule has 3 aliphatic rings. The van der Waals surface area contributed by atoms with E-state index in [1.807, 2.05) is 6.08 Å². The molecule has 1 N–H and O–H groups in total. The fraction of sp³-hybridized carbons (Fsp3) is 0.636. The molecule has 0 aromatic heterocycles. The summed E-state index contributed by atoms with van der Waals surface area (Å²) < 4.78 is 50.4. The van der Waals surface area contributed by atoms with Crippen molar-refractivity contribution in [2.75, 3.05) is 0 Å². The molecule has 0 bridgehead atoms. The molecule has 0 radical (unpaired) electrons. The molecule has 3 aliphatic carbocycles. The second kappa shape index (κ2) is 3.91. The van der Waals surface area contributed by atoms with Crippen molar-refractivity contribution in [3.8, 4) is 0 Å². The van der Waals surface area contributed by atoms with E-state index in [1.54, 1.807) is 11.6 Å². The Kier molecular flexibility index (Phi) is 2.69. The summed E-state index contributed by atoms with van der Waals surface area (Å²) in [7, 11) is 0.